The van der Waals surface area contributed by atoms with Gasteiger partial charge in [0.1, 0.15) is 12.2 Å². The normalized spacial score (nSPS) is 9.95. The van der Waals surface area contributed by atoms with Gasteiger partial charge in [-0.15, -0.1) is 11.3 Å². The Labute approximate surface area is 126 Å². The monoisotopic (exact) mass is 304 g/mol. The molecule has 0 saturated heterocycles. The molecule has 2 heterocycles. The number of thiophene rings is 1. The van der Waals surface area contributed by atoms with E-state index in [1.165, 1.54) is 17.7 Å². The molecule has 1 amide bonds. The highest BCUT2D eigenvalue weighted by atomic mass is 32.1. The highest BCUT2D eigenvalue weighted by Crippen LogP contribution is 2.13. The standard InChI is InChI=1S/C14H16N4O2S/c19-7-2-1-4-12-8-11(9-21-12)14(20)15-6-3-5-13-16-10-17-18-13/h8-10,19H,2-3,5-7H2,(H,15,20)(H,16,17,18). The van der Waals surface area contributed by atoms with Gasteiger partial charge in [0.25, 0.3) is 5.91 Å². The van der Waals surface area contributed by atoms with Gasteiger partial charge in [-0.25, -0.2) is 4.98 Å². The number of aryl methyl sites for hydroxylation is 1. The number of rotatable bonds is 6. The number of aliphatic hydroxyl groups excluding tert-OH is 1. The van der Waals surface area contributed by atoms with Crippen LogP contribution in [0.3, 0.4) is 0 Å². The van der Waals surface area contributed by atoms with Crippen molar-refractivity contribution in [2.45, 2.75) is 19.3 Å². The second-order valence-corrected chi connectivity index (χ2v) is 5.18. The fourth-order valence-corrected chi connectivity index (χ4v) is 2.39. The molecule has 2 aromatic rings. The van der Waals surface area contributed by atoms with Crippen molar-refractivity contribution in [2.75, 3.05) is 13.2 Å². The molecule has 7 heteroatoms. The molecule has 6 nitrogen and oxygen atoms in total. The van der Waals surface area contributed by atoms with Crippen LogP contribution >= 0.6 is 11.3 Å². The average molecular weight is 304 g/mol. The second-order valence-electron chi connectivity index (χ2n) is 4.27. The predicted molar refractivity (Wildman–Crippen MR) is 79.9 cm³/mol. The molecule has 0 fully saturated rings. The number of aliphatic hydroxyl groups is 1. The summed E-state index contributed by atoms with van der Waals surface area (Å²) in [6.45, 7) is 0.637. The average Bonchev–Trinajstić information content (AvgIpc) is 3.15. The number of nitrogens with zero attached hydrogens (tertiary/aromatic N) is 2. The third-order valence-electron chi connectivity index (χ3n) is 2.65. The summed E-state index contributed by atoms with van der Waals surface area (Å²) in [5, 5.41) is 19.8. The van der Waals surface area contributed by atoms with Crippen LogP contribution in [0.5, 0.6) is 0 Å². The Balaban J connectivity index is 1.74. The van der Waals surface area contributed by atoms with Crippen LogP contribution < -0.4 is 5.32 Å². The zero-order chi connectivity index (χ0) is 14.9. The number of carbonyl (C=O) groups is 1. The van der Waals surface area contributed by atoms with Crippen LogP contribution in [0.1, 0.15) is 33.9 Å². The maximum Gasteiger partial charge on any atom is 0.252 e. The van der Waals surface area contributed by atoms with Crippen molar-refractivity contribution in [3.05, 3.63) is 34.0 Å². The van der Waals surface area contributed by atoms with Crippen molar-refractivity contribution >= 4 is 17.2 Å². The van der Waals surface area contributed by atoms with E-state index < -0.39 is 0 Å². The van der Waals surface area contributed by atoms with E-state index in [0.29, 0.717) is 18.5 Å². The molecule has 0 saturated carbocycles. The molecular formula is C14H16N4O2S. The van der Waals surface area contributed by atoms with Crippen molar-refractivity contribution in [2.24, 2.45) is 0 Å². The second kappa shape index (κ2) is 8.19. The van der Waals surface area contributed by atoms with Crippen LogP contribution in [-0.4, -0.2) is 39.3 Å². The van der Waals surface area contributed by atoms with Crippen molar-refractivity contribution in [1.82, 2.24) is 20.5 Å². The van der Waals surface area contributed by atoms with Gasteiger partial charge in [-0.2, -0.15) is 5.10 Å². The minimum absolute atomic E-state index is 0.0525. The fourth-order valence-electron chi connectivity index (χ4n) is 1.64. The van der Waals surface area contributed by atoms with Crippen molar-refractivity contribution in [1.29, 1.82) is 0 Å². The molecule has 0 atom stereocenters. The molecule has 0 spiro atoms. The van der Waals surface area contributed by atoms with E-state index in [1.807, 2.05) is 0 Å². The first-order chi connectivity index (χ1) is 10.3. The number of H-pyrrole nitrogens is 1. The Kier molecular flexibility index (Phi) is 5.94. The van der Waals surface area contributed by atoms with Crippen LogP contribution in [0.2, 0.25) is 0 Å². The summed E-state index contributed by atoms with van der Waals surface area (Å²) >= 11 is 1.43. The lowest BCUT2D eigenvalue weighted by molar-refractivity contribution is 0.0953. The lowest BCUT2D eigenvalue weighted by Gasteiger charge is -2.02. The van der Waals surface area contributed by atoms with E-state index in [2.05, 4.69) is 32.3 Å². The minimum Gasteiger partial charge on any atom is -0.395 e. The summed E-state index contributed by atoms with van der Waals surface area (Å²) in [5.74, 6) is 6.47. The lowest BCUT2D eigenvalue weighted by atomic mass is 10.2. The largest absolute Gasteiger partial charge is 0.395 e. The summed E-state index contributed by atoms with van der Waals surface area (Å²) in [7, 11) is 0. The van der Waals surface area contributed by atoms with Gasteiger partial charge >= 0.3 is 0 Å². The summed E-state index contributed by atoms with van der Waals surface area (Å²) < 4.78 is 0. The van der Waals surface area contributed by atoms with E-state index in [1.54, 1.807) is 11.4 Å². The third-order valence-corrected chi connectivity index (χ3v) is 3.50. The van der Waals surface area contributed by atoms with Gasteiger partial charge in [0, 0.05) is 24.8 Å². The molecule has 0 bridgehead atoms. The molecule has 0 radical (unpaired) electrons. The van der Waals surface area contributed by atoms with E-state index >= 15 is 0 Å². The predicted octanol–water partition coefficient (Wildman–Crippen LogP) is 0.963. The van der Waals surface area contributed by atoms with E-state index in [-0.39, 0.29) is 12.5 Å². The molecule has 21 heavy (non-hydrogen) atoms. The molecular weight excluding hydrogens is 288 g/mol. The fraction of sp³-hybridized carbons (Fsp3) is 0.357. The van der Waals surface area contributed by atoms with Gasteiger partial charge in [-0.1, -0.05) is 11.8 Å². The maximum absolute atomic E-state index is 11.9. The molecule has 0 aliphatic heterocycles. The van der Waals surface area contributed by atoms with E-state index in [4.69, 9.17) is 5.11 Å². The molecule has 2 aromatic heterocycles. The molecule has 0 aliphatic carbocycles. The highest BCUT2D eigenvalue weighted by Gasteiger charge is 2.07. The van der Waals surface area contributed by atoms with Crippen LogP contribution in [0.4, 0.5) is 0 Å². The van der Waals surface area contributed by atoms with Gasteiger partial charge in [0.15, 0.2) is 0 Å². The Morgan fingerprint density at radius 1 is 1.52 bits per heavy atom. The van der Waals surface area contributed by atoms with Gasteiger partial charge in [-0.3, -0.25) is 9.89 Å². The lowest BCUT2D eigenvalue weighted by Crippen LogP contribution is -2.24. The smallest absolute Gasteiger partial charge is 0.252 e. The minimum atomic E-state index is -0.0981. The third kappa shape index (κ3) is 5.02. The number of nitrogens with one attached hydrogen (secondary N) is 2. The van der Waals surface area contributed by atoms with E-state index in [0.717, 1.165) is 23.5 Å². The Hall–Kier alpha value is -2.17. The van der Waals surface area contributed by atoms with Gasteiger partial charge in [0.2, 0.25) is 0 Å². The number of amides is 1. The first kappa shape index (κ1) is 15.2. The molecule has 0 aliphatic rings. The number of aromatic nitrogens is 3. The first-order valence-electron chi connectivity index (χ1n) is 6.60. The molecule has 110 valence electrons. The van der Waals surface area contributed by atoms with Gasteiger partial charge in [0.05, 0.1) is 17.0 Å². The Morgan fingerprint density at radius 3 is 3.19 bits per heavy atom. The Morgan fingerprint density at radius 2 is 2.43 bits per heavy atom. The summed E-state index contributed by atoms with van der Waals surface area (Å²) in [6.07, 6.45) is 3.47. The van der Waals surface area contributed by atoms with Crippen LogP contribution in [-0.2, 0) is 6.42 Å². The number of hydrogen-bond acceptors (Lipinski definition) is 5. The highest BCUT2D eigenvalue weighted by molar-refractivity contribution is 7.10. The van der Waals surface area contributed by atoms with Gasteiger partial charge < -0.3 is 10.4 Å². The Bertz CT molecular complexity index is 625. The molecule has 0 aromatic carbocycles. The summed E-state index contributed by atoms with van der Waals surface area (Å²) in [6, 6.07) is 1.76. The quantitative estimate of drug-likeness (QED) is 0.548. The van der Waals surface area contributed by atoms with Crippen molar-refractivity contribution in [3.8, 4) is 11.8 Å². The van der Waals surface area contributed by atoms with Crippen molar-refractivity contribution < 1.29 is 9.90 Å². The number of carbonyl (C=O) groups excluding carboxylic acids is 1. The summed E-state index contributed by atoms with van der Waals surface area (Å²) in [5.41, 5.74) is 0.618. The van der Waals surface area contributed by atoms with Crippen LogP contribution in [0.25, 0.3) is 0 Å². The first-order valence-corrected chi connectivity index (χ1v) is 7.48. The van der Waals surface area contributed by atoms with Crippen LogP contribution in [0, 0.1) is 11.8 Å². The molecule has 3 N–H and O–H groups in total. The van der Waals surface area contributed by atoms with Crippen molar-refractivity contribution in [3.63, 3.8) is 0 Å². The topological polar surface area (TPSA) is 90.9 Å². The maximum atomic E-state index is 11.9. The zero-order valence-electron chi connectivity index (χ0n) is 11.4. The number of aromatic amines is 1. The summed E-state index contributed by atoms with van der Waals surface area (Å²) in [4.78, 5) is 16.8. The number of hydrogen-bond donors (Lipinski definition) is 3. The molecule has 2 rings (SSSR count). The SMILES string of the molecule is O=C(NCCCc1ncn[nH]1)c1csc(C#CCCO)c1. The van der Waals surface area contributed by atoms with Gasteiger partial charge in [-0.05, 0) is 12.5 Å². The van der Waals surface area contributed by atoms with E-state index in [9.17, 15) is 4.79 Å². The zero-order valence-corrected chi connectivity index (χ0v) is 12.2. The molecule has 0 unspecified atom stereocenters. The van der Waals surface area contributed by atoms with Crippen LogP contribution in [0.15, 0.2) is 17.8 Å².